The number of benzene rings is 1. The molecule has 21 heavy (non-hydrogen) atoms. The number of hydrogen-bond acceptors (Lipinski definition) is 3. The second-order valence-electron chi connectivity index (χ2n) is 6.15. The summed E-state index contributed by atoms with van der Waals surface area (Å²) in [6, 6.07) is 8.78. The summed E-state index contributed by atoms with van der Waals surface area (Å²) in [4.78, 5) is 2.47. The topological polar surface area (TPSA) is 34.0 Å². The first-order valence-electron chi connectivity index (χ1n) is 8.15. The zero-order valence-electron chi connectivity index (χ0n) is 12.5. The van der Waals surface area contributed by atoms with Crippen molar-refractivity contribution < 1.29 is 0 Å². The molecule has 0 unspecified atom stereocenters. The lowest BCUT2D eigenvalue weighted by Gasteiger charge is -2.31. The lowest BCUT2D eigenvalue weighted by Crippen LogP contribution is -2.30. The Balaban J connectivity index is 1.61. The molecule has 0 saturated carbocycles. The van der Waals surface area contributed by atoms with Crippen molar-refractivity contribution in [2.75, 3.05) is 11.4 Å². The summed E-state index contributed by atoms with van der Waals surface area (Å²) in [5.74, 6) is 2.33. The van der Waals surface area contributed by atoms with Gasteiger partial charge in [0.1, 0.15) is 5.82 Å². The molecule has 1 aromatic carbocycles. The number of anilines is 1. The summed E-state index contributed by atoms with van der Waals surface area (Å²) >= 11 is 0. The predicted molar refractivity (Wildman–Crippen MR) is 83.4 cm³/mol. The van der Waals surface area contributed by atoms with Gasteiger partial charge in [-0.2, -0.15) is 0 Å². The Bertz CT molecular complexity index is 631. The quantitative estimate of drug-likeness (QED) is 0.849. The van der Waals surface area contributed by atoms with Gasteiger partial charge in [-0.15, -0.1) is 10.2 Å². The average molecular weight is 282 g/mol. The SMILES string of the molecule is c1ccc2c(c1)CCCN2Cc1nnc2n1CCCCC2. The van der Waals surface area contributed by atoms with Crippen molar-refractivity contribution in [3.63, 3.8) is 0 Å². The first-order valence-corrected chi connectivity index (χ1v) is 8.15. The Morgan fingerprint density at radius 2 is 1.86 bits per heavy atom. The molecule has 0 fully saturated rings. The zero-order chi connectivity index (χ0) is 14.1. The van der Waals surface area contributed by atoms with Gasteiger partial charge in [0, 0.05) is 25.2 Å². The van der Waals surface area contributed by atoms with Gasteiger partial charge in [-0.25, -0.2) is 0 Å². The van der Waals surface area contributed by atoms with Crippen molar-refractivity contribution in [3.05, 3.63) is 41.5 Å². The van der Waals surface area contributed by atoms with E-state index in [4.69, 9.17) is 0 Å². The molecule has 0 atom stereocenters. The van der Waals surface area contributed by atoms with E-state index in [0.29, 0.717) is 0 Å². The molecule has 2 aliphatic rings. The Labute approximate surface area is 125 Å². The van der Waals surface area contributed by atoms with E-state index in [9.17, 15) is 0 Å². The van der Waals surface area contributed by atoms with Crippen LogP contribution in [0, 0.1) is 0 Å². The number of aryl methyl sites for hydroxylation is 2. The van der Waals surface area contributed by atoms with Gasteiger partial charge >= 0.3 is 0 Å². The van der Waals surface area contributed by atoms with Crippen LogP contribution >= 0.6 is 0 Å². The molecule has 110 valence electrons. The normalized spacial score (nSPS) is 18.0. The number of para-hydroxylation sites is 1. The molecule has 0 saturated heterocycles. The van der Waals surface area contributed by atoms with Crippen LogP contribution in [0.3, 0.4) is 0 Å². The van der Waals surface area contributed by atoms with Gasteiger partial charge in [0.25, 0.3) is 0 Å². The third-order valence-electron chi connectivity index (χ3n) is 4.72. The fourth-order valence-electron chi connectivity index (χ4n) is 3.61. The molecule has 1 aromatic heterocycles. The Morgan fingerprint density at radius 3 is 2.86 bits per heavy atom. The van der Waals surface area contributed by atoms with Gasteiger partial charge in [0.05, 0.1) is 6.54 Å². The first kappa shape index (κ1) is 12.9. The van der Waals surface area contributed by atoms with Gasteiger partial charge < -0.3 is 9.47 Å². The van der Waals surface area contributed by atoms with E-state index >= 15 is 0 Å². The van der Waals surface area contributed by atoms with Crippen molar-refractivity contribution in [1.29, 1.82) is 0 Å². The van der Waals surface area contributed by atoms with E-state index < -0.39 is 0 Å². The van der Waals surface area contributed by atoms with Crippen LogP contribution in [0.2, 0.25) is 0 Å². The molecule has 0 amide bonds. The van der Waals surface area contributed by atoms with Crippen LogP contribution in [0.1, 0.15) is 42.9 Å². The molecule has 4 nitrogen and oxygen atoms in total. The van der Waals surface area contributed by atoms with Crippen LogP contribution in [0.15, 0.2) is 24.3 Å². The van der Waals surface area contributed by atoms with Crippen LogP contribution in [0.4, 0.5) is 5.69 Å². The summed E-state index contributed by atoms with van der Waals surface area (Å²) in [5, 5.41) is 8.90. The molecule has 0 radical (unpaired) electrons. The third kappa shape index (κ3) is 2.43. The van der Waals surface area contributed by atoms with Crippen LogP contribution < -0.4 is 4.90 Å². The molecule has 0 spiro atoms. The lowest BCUT2D eigenvalue weighted by atomic mass is 10.0. The molecule has 3 heterocycles. The standard InChI is InChI=1S/C17H22N4/c1-2-10-16-18-19-17(21(16)12-5-1)13-20-11-6-8-14-7-3-4-9-15(14)20/h3-4,7,9H,1-2,5-6,8,10-13H2. The van der Waals surface area contributed by atoms with Crippen LogP contribution in [0.25, 0.3) is 0 Å². The summed E-state index contributed by atoms with van der Waals surface area (Å²) in [5.41, 5.74) is 2.86. The minimum Gasteiger partial charge on any atom is -0.364 e. The molecular formula is C17H22N4. The first-order chi connectivity index (χ1) is 10.4. The van der Waals surface area contributed by atoms with Gasteiger partial charge in [0.2, 0.25) is 0 Å². The van der Waals surface area contributed by atoms with Gasteiger partial charge in [0.15, 0.2) is 5.82 Å². The molecule has 2 aliphatic heterocycles. The Kier molecular flexibility index (Phi) is 3.37. The molecule has 4 heteroatoms. The van der Waals surface area contributed by atoms with Crippen molar-refractivity contribution in [2.45, 2.75) is 51.6 Å². The van der Waals surface area contributed by atoms with Crippen LogP contribution in [0.5, 0.6) is 0 Å². The average Bonchev–Trinajstić information content (AvgIpc) is 2.75. The van der Waals surface area contributed by atoms with Gasteiger partial charge in [-0.05, 0) is 37.3 Å². The molecule has 4 rings (SSSR count). The minimum atomic E-state index is 0.893. The van der Waals surface area contributed by atoms with Crippen molar-refractivity contribution in [2.24, 2.45) is 0 Å². The van der Waals surface area contributed by atoms with E-state index in [1.54, 1.807) is 0 Å². The fraction of sp³-hybridized carbons (Fsp3) is 0.529. The lowest BCUT2D eigenvalue weighted by molar-refractivity contribution is 0.587. The Hall–Kier alpha value is -1.84. The van der Waals surface area contributed by atoms with Crippen LogP contribution in [-0.2, 0) is 25.9 Å². The number of fused-ring (bicyclic) bond motifs is 2. The molecule has 0 aliphatic carbocycles. The molecule has 2 aromatic rings. The summed E-state index contributed by atoms with van der Waals surface area (Å²) in [6.45, 7) is 3.11. The minimum absolute atomic E-state index is 0.893. The summed E-state index contributed by atoms with van der Waals surface area (Å²) < 4.78 is 2.37. The third-order valence-corrected chi connectivity index (χ3v) is 4.72. The molecule has 0 bridgehead atoms. The second kappa shape index (κ2) is 5.51. The van der Waals surface area contributed by atoms with Crippen molar-refractivity contribution >= 4 is 5.69 Å². The number of rotatable bonds is 2. The summed E-state index contributed by atoms with van der Waals surface area (Å²) in [7, 11) is 0. The number of nitrogens with zero attached hydrogens (tertiary/aromatic N) is 4. The maximum atomic E-state index is 4.48. The maximum Gasteiger partial charge on any atom is 0.152 e. The van der Waals surface area contributed by atoms with Crippen LogP contribution in [-0.4, -0.2) is 21.3 Å². The highest BCUT2D eigenvalue weighted by Gasteiger charge is 2.20. The van der Waals surface area contributed by atoms with E-state index in [-0.39, 0.29) is 0 Å². The van der Waals surface area contributed by atoms with E-state index in [1.165, 1.54) is 49.2 Å². The molecule has 0 N–H and O–H groups in total. The van der Waals surface area contributed by atoms with Crippen molar-refractivity contribution in [3.8, 4) is 0 Å². The summed E-state index contributed by atoms with van der Waals surface area (Å²) in [6.07, 6.45) is 7.35. The highest BCUT2D eigenvalue weighted by atomic mass is 15.3. The smallest absolute Gasteiger partial charge is 0.152 e. The van der Waals surface area contributed by atoms with E-state index in [0.717, 1.165) is 31.9 Å². The largest absolute Gasteiger partial charge is 0.364 e. The monoisotopic (exact) mass is 282 g/mol. The van der Waals surface area contributed by atoms with Crippen molar-refractivity contribution in [1.82, 2.24) is 14.8 Å². The predicted octanol–water partition coefficient (Wildman–Crippen LogP) is 2.96. The highest BCUT2D eigenvalue weighted by molar-refractivity contribution is 5.55. The van der Waals surface area contributed by atoms with E-state index in [1.807, 2.05) is 0 Å². The number of aromatic nitrogens is 3. The molecular weight excluding hydrogens is 260 g/mol. The second-order valence-corrected chi connectivity index (χ2v) is 6.15. The number of hydrogen-bond donors (Lipinski definition) is 0. The van der Waals surface area contributed by atoms with E-state index in [2.05, 4.69) is 43.9 Å². The maximum absolute atomic E-state index is 4.48. The fourth-order valence-corrected chi connectivity index (χ4v) is 3.61. The Morgan fingerprint density at radius 1 is 0.905 bits per heavy atom. The highest BCUT2D eigenvalue weighted by Crippen LogP contribution is 2.28. The van der Waals surface area contributed by atoms with Gasteiger partial charge in [-0.1, -0.05) is 24.6 Å². The zero-order valence-corrected chi connectivity index (χ0v) is 12.5. The van der Waals surface area contributed by atoms with Gasteiger partial charge in [-0.3, -0.25) is 0 Å².